The van der Waals surface area contributed by atoms with Crippen LogP contribution in [0, 0.1) is 5.92 Å². The van der Waals surface area contributed by atoms with Gasteiger partial charge in [0, 0.05) is 19.1 Å². The third-order valence-corrected chi connectivity index (χ3v) is 5.22. The molecule has 2 rings (SSSR count). The van der Waals surface area contributed by atoms with Gasteiger partial charge in [-0.3, -0.25) is 4.90 Å². The van der Waals surface area contributed by atoms with Gasteiger partial charge in [0.2, 0.25) is 0 Å². The minimum Gasteiger partial charge on any atom is -0.493 e. The summed E-state index contributed by atoms with van der Waals surface area (Å²) >= 11 is 0. The third-order valence-electron chi connectivity index (χ3n) is 5.22. The normalized spacial score (nSPS) is 17.4. The zero-order chi connectivity index (χ0) is 19.6. The Kier molecular flexibility index (Phi) is 8.72. The van der Waals surface area contributed by atoms with Gasteiger partial charge in [-0.2, -0.15) is 0 Å². The molecular formula is C21H36N4O2. The third kappa shape index (κ3) is 6.61. The van der Waals surface area contributed by atoms with Crippen molar-refractivity contribution in [1.29, 1.82) is 0 Å². The molecule has 6 nitrogen and oxygen atoms in total. The molecule has 2 N–H and O–H groups in total. The summed E-state index contributed by atoms with van der Waals surface area (Å²) in [6.07, 6.45) is 2.61. The molecule has 0 radical (unpaired) electrons. The van der Waals surface area contributed by atoms with Crippen LogP contribution in [-0.4, -0.2) is 57.3 Å². The monoisotopic (exact) mass is 376 g/mol. The Morgan fingerprint density at radius 3 is 2.52 bits per heavy atom. The molecule has 1 aliphatic heterocycles. The van der Waals surface area contributed by atoms with Gasteiger partial charge in [0.05, 0.1) is 20.8 Å². The lowest BCUT2D eigenvalue weighted by molar-refractivity contribution is 0.147. The number of rotatable bonds is 8. The van der Waals surface area contributed by atoms with E-state index in [1.54, 1.807) is 14.2 Å². The minimum atomic E-state index is 0.502. The topological polar surface area (TPSA) is 58.1 Å². The van der Waals surface area contributed by atoms with E-state index in [0.29, 0.717) is 12.6 Å². The second-order valence-electron chi connectivity index (χ2n) is 7.33. The van der Waals surface area contributed by atoms with Gasteiger partial charge in [-0.15, -0.1) is 0 Å². The predicted octanol–water partition coefficient (Wildman–Crippen LogP) is 2.88. The maximum Gasteiger partial charge on any atom is 0.191 e. The summed E-state index contributed by atoms with van der Waals surface area (Å²) in [5.41, 5.74) is 1.09. The fourth-order valence-corrected chi connectivity index (χ4v) is 3.33. The number of aliphatic imine (C=N–C) groups is 1. The Morgan fingerprint density at radius 1 is 1.19 bits per heavy atom. The summed E-state index contributed by atoms with van der Waals surface area (Å²) in [4.78, 5) is 7.30. The van der Waals surface area contributed by atoms with E-state index in [2.05, 4.69) is 36.3 Å². The second-order valence-corrected chi connectivity index (χ2v) is 7.33. The van der Waals surface area contributed by atoms with Crippen LogP contribution in [0.15, 0.2) is 23.2 Å². The quantitative estimate of drug-likeness (QED) is 0.540. The predicted molar refractivity (Wildman–Crippen MR) is 112 cm³/mol. The van der Waals surface area contributed by atoms with Gasteiger partial charge >= 0.3 is 0 Å². The molecule has 0 spiro atoms. The number of methoxy groups -OCH3 is 2. The van der Waals surface area contributed by atoms with Crippen molar-refractivity contribution >= 4 is 5.96 Å². The van der Waals surface area contributed by atoms with Gasteiger partial charge in [0.25, 0.3) is 0 Å². The van der Waals surface area contributed by atoms with Crippen molar-refractivity contribution in [2.75, 3.05) is 40.4 Å². The smallest absolute Gasteiger partial charge is 0.191 e. The van der Waals surface area contributed by atoms with Gasteiger partial charge in [0.1, 0.15) is 0 Å². The summed E-state index contributed by atoms with van der Waals surface area (Å²) < 4.78 is 10.7. The van der Waals surface area contributed by atoms with E-state index in [1.165, 1.54) is 25.9 Å². The summed E-state index contributed by atoms with van der Waals surface area (Å²) in [5, 5.41) is 6.83. The van der Waals surface area contributed by atoms with Crippen molar-refractivity contribution < 1.29 is 9.47 Å². The highest BCUT2D eigenvalue weighted by atomic mass is 16.5. The first-order chi connectivity index (χ1) is 13.1. The number of hydrogen-bond acceptors (Lipinski definition) is 4. The number of benzene rings is 1. The molecule has 6 heteroatoms. The first-order valence-corrected chi connectivity index (χ1v) is 10.0. The molecule has 0 amide bonds. The van der Waals surface area contributed by atoms with Crippen LogP contribution in [0.25, 0.3) is 0 Å². The molecule has 0 aromatic heterocycles. The van der Waals surface area contributed by atoms with E-state index in [1.807, 2.05) is 18.2 Å². The summed E-state index contributed by atoms with van der Waals surface area (Å²) in [6, 6.07) is 6.42. The summed E-state index contributed by atoms with van der Waals surface area (Å²) in [5.74, 6) is 3.18. The van der Waals surface area contributed by atoms with Gasteiger partial charge in [0.15, 0.2) is 17.5 Å². The Morgan fingerprint density at radius 2 is 1.89 bits per heavy atom. The molecule has 1 atom stereocenters. The molecule has 1 saturated heterocycles. The molecule has 0 bridgehead atoms. The number of hydrogen-bond donors (Lipinski definition) is 2. The highest BCUT2D eigenvalue weighted by Crippen LogP contribution is 2.27. The molecule has 152 valence electrons. The van der Waals surface area contributed by atoms with Gasteiger partial charge in [-0.1, -0.05) is 13.0 Å². The van der Waals surface area contributed by atoms with Crippen molar-refractivity contribution in [2.24, 2.45) is 10.9 Å². The fraction of sp³-hybridized carbons (Fsp3) is 0.667. The Labute approximate surface area is 164 Å². The second kappa shape index (κ2) is 11.0. The van der Waals surface area contributed by atoms with Crippen LogP contribution in [-0.2, 0) is 6.54 Å². The van der Waals surface area contributed by atoms with Crippen LogP contribution in [0.2, 0.25) is 0 Å². The molecule has 1 aromatic rings. The van der Waals surface area contributed by atoms with Crippen molar-refractivity contribution in [3.63, 3.8) is 0 Å². The maximum atomic E-state index is 5.37. The molecular weight excluding hydrogens is 340 g/mol. The zero-order valence-corrected chi connectivity index (χ0v) is 17.5. The largest absolute Gasteiger partial charge is 0.493 e. The number of likely N-dealkylation sites (tertiary alicyclic amines) is 1. The number of piperidine rings is 1. The van der Waals surface area contributed by atoms with Crippen LogP contribution in [0.5, 0.6) is 11.5 Å². The standard InChI is InChI=1S/C21H36N4O2/c1-6-22-21(23-14-17(3)25-11-9-16(2)10-12-25)24-15-18-7-8-19(26-4)20(13-18)27-5/h7-8,13,16-17H,6,9-12,14-15H2,1-5H3,(H2,22,23,24). The van der Waals surface area contributed by atoms with Crippen molar-refractivity contribution in [1.82, 2.24) is 15.5 Å². The first-order valence-electron chi connectivity index (χ1n) is 10.0. The number of ether oxygens (including phenoxy) is 2. The average Bonchev–Trinajstić information content (AvgIpc) is 2.70. The highest BCUT2D eigenvalue weighted by molar-refractivity contribution is 5.79. The Balaban J connectivity index is 1.91. The average molecular weight is 377 g/mol. The molecule has 1 unspecified atom stereocenters. The molecule has 0 aliphatic carbocycles. The fourth-order valence-electron chi connectivity index (χ4n) is 3.33. The van der Waals surface area contributed by atoms with E-state index in [4.69, 9.17) is 14.5 Å². The van der Waals surface area contributed by atoms with E-state index >= 15 is 0 Å². The van der Waals surface area contributed by atoms with Gasteiger partial charge < -0.3 is 20.1 Å². The van der Waals surface area contributed by atoms with Crippen LogP contribution < -0.4 is 20.1 Å². The molecule has 1 heterocycles. The van der Waals surface area contributed by atoms with Gasteiger partial charge in [-0.05, 0) is 63.4 Å². The van der Waals surface area contributed by atoms with E-state index in [-0.39, 0.29) is 0 Å². The Hall–Kier alpha value is -1.95. The number of nitrogens with one attached hydrogen (secondary N) is 2. The van der Waals surface area contributed by atoms with Gasteiger partial charge in [-0.25, -0.2) is 4.99 Å². The van der Waals surface area contributed by atoms with Crippen molar-refractivity contribution in [3.05, 3.63) is 23.8 Å². The lowest BCUT2D eigenvalue weighted by Crippen LogP contribution is -2.48. The highest BCUT2D eigenvalue weighted by Gasteiger charge is 2.20. The number of nitrogens with zero attached hydrogens (tertiary/aromatic N) is 2. The number of guanidine groups is 1. The molecule has 27 heavy (non-hydrogen) atoms. The van der Waals surface area contributed by atoms with E-state index in [9.17, 15) is 0 Å². The summed E-state index contributed by atoms with van der Waals surface area (Å²) in [6.45, 7) is 11.5. The van der Waals surface area contributed by atoms with Crippen molar-refractivity contribution in [3.8, 4) is 11.5 Å². The summed E-state index contributed by atoms with van der Waals surface area (Å²) in [7, 11) is 3.30. The maximum absolute atomic E-state index is 5.37. The lowest BCUT2D eigenvalue weighted by Gasteiger charge is -2.35. The van der Waals surface area contributed by atoms with Crippen LogP contribution in [0.4, 0.5) is 0 Å². The van der Waals surface area contributed by atoms with Crippen LogP contribution in [0.3, 0.4) is 0 Å². The van der Waals surface area contributed by atoms with Crippen LogP contribution >= 0.6 is 0 Å². The van der Waals surface area contributed by atoms with Crippen molar-refractivity contribution in [2.45, 2.75) is 46.2 Å². The first kappa shape index (κ1) is 21.4. The SMILES string of the molecule is CCNC(=NCc1ccc(OC)c(OC)c1)NCC(C)N1CCC(C)CC1. The molecule has 1 aliphatic rings. The zero-order valence-electron chi connectivity index (χ0n) is 17.5. The molecule has 0 saturated carbocycles. The Bertz CT molecular complexity index is 598. The van der Waals surface area contributed by atoms with E-state index in [0.717, 1.165) is 42.0 Å². The molecule has 1 aromatic carbocycles. The minimum absolute atomic E-state index is 0.502. The van der Waals surface area contributed by atoms with E-state index < -0.39 is 0 Å². The van der Waals surface area contributed by atoms with Crippen LogP contribution in [0.1, 0.15) is 39.2 Å². The lowest BCUT2D eigenvalue weighted by atomic mass is 9.98. The molecule has 1 fully saturated rings.